The van der Waals surface area contributed by atoms with Crippen LogP contribution in [0.15, 0.2) is 12.1 Å². The number of hydrogen-bond acceptors (Lipinski definition) is 2. The van der Waals surface area contributed by atoms with Crippen molar-refractivity contribution in [2.45, 2.75) is 19.8 Å². The summed E-state index contributed by atoms with van der Waals surface area (Å²) in [6.45, 7) is 2.46. The van der Waals surface area contributed by atoms with E-state index in [1.807, 2.05) is 0 Å². The highest BCUT2D eigenvalue weighted by Gasteiger charge is 2.30. The van der Waals surface area contributed by atoms with Crippen LogP contribution in [0.25, 0.3) is 0 Å². The highest BCUT2D eigenvalue weighted by molar-refractivity contribution is 5.48. The van der Waals surface area contributed by atoms with Crippen LogP contribution >= 0.6 is 0 Å². The van der Waals surface area contributed by atoms with E-state index in [4.69, 9.17) is 9.47 Å². The minimum atomic E-state index is -2.91. The summed E-state index contributed by atoms with van der Waals surface area (Å²) in [5.41, 5.74) is 0.365. The van der Waals surface area contributed by atoms with Gasteiger partial charge < -0.3 is 9.47 Å². The number of ether oxygens (including phenoxy) is 2. The third-order valence-corrected chi connectivity index (χ3v) is 2.17. The van der Waals surface area contributed by atoms with Crippen LogP contribution in [0.1, 0.15) is 18.1 Å². The van der Waals surface area contributed by atoms with Gasteiger partial charge in [0.05, 0.1) is 19.8 Å². The van der Waals surface area contributed by atoms with Crippen LogP contribution < -0.4 is 9.47 Å². The Morgan fingerprint density at radius 2 is 1.73 bits per heavy atom. The van der Waals surface area contributed by atoms with Crippen LogP contribution in [0.2, 0.25) is 0 Å². The lowest BCUT2D eigenvalue weighted by molar-refractivity contribution is 0.0143. The Hall–Kier alpha value is -1.32. The van der Waals surface area contributed by atoms with Crippen LogP contribution in [0.5, 0.6) is 11.5 Å². The molecule has 1 aromatic carbocycles. The van der Waals surface area contributed by atoms with Crippen LogP contribution in [-0.2, 0) is 5.92 Å². The second-order valence-electron chi connectivity index (χ2n) is 3.41. The first-order chi connectivity index (χ1) is 6.90. The number of rotatable bonds is 3. The van der Waals surface area contributed by atoms with Gasteiger partial charge in [0.25, 0.3) is 5.92 Å². The predicted octanol–water partition coefficient (Wildman–Crippen LogP) is 3.12. The van der Waals surface area contributed by atoms with E-state index in [9.17, 15) is 8.78 Å². The lowest BCUT2D eigenvalue weighted by Crippen LogP contribution is -2.11. The van der Waals surface area contributed by atoms with Gasteiger partial charge >= 0.3 is 0 Å². The molecule has 0 N–H and O–H groups in total. The highest BCUT2D eigenvalue weighted by Crippen LogP contribution is 2.39. The number of benzene rings is 1. The van der Waals surface area contributed by atoms with Crippen LogP contribution in [0, 0.1) is 6.92 Å². The minimum absolute atomic E-state index is 0.0919. The molecule has 0 amide bonds. The van der Waals surface area contributed by atoms with Crippen molar-refractivity contribution < 1.29 is 18.3 Å². The predicted molar refractivity (Wildman–Crippen MR) is 53.9 cm³/mol. The normalized spacial score (nSPS) is 11.3. The topological polar surface area (TPSA) is 18.5 Å². The van der Waals surface area contributed by atoms with Gasteiger partial charge in [0.15, 0.2) is 0 Å². The fourth-order valence-corrected chi connectivity index (χ4v) is 1.56. The molecule has 4 heteroatoms. The number of hydrogen-bond donors (Lipinski definition) is 0. The van der Waals surface area contributed by atoms with Crippen molar-refractivity contribution in [3.8, 4) is 11.5 Å². The first kappa shape index (κ1) is 11.8. The van der Waals surface area contributed by atoms with E-state index < -0.39 is 5.92 Å². The maximum absolute atomic E-state index is 13.3. The number of alkyl halides is 2. The minimum Gasteiger partial charge on any atom is -0.497 e. The molecule has 2 nitrogen and oxygen atoms in total. The first-order valence-corrected chi connectivity index (χ1v) is 4.51. The van der Waals surface area contributed by atoms with E-state index in [2.05, 4.69) is 0 Å². The molecule has 0 saturated heterocycles. The molecule has 0 aliphatic carbocycles. The molecule has 0 aliphatic rings. The van der Waals surface area contributed by atoms with E-state index in [-0.39, 0.29) is 11.3 Å². The maximum atomic E-state index is 13.3. The lowest BCUT2D eigenvalue weighted by atomic mass is 10.0. The summed E-state index contributed by atoms with van der Waals surface area (Å²) in [6.07, 6.45) is 0. The Kier molecular flexibility index (Phi) is 3.17. The molecule has 84 valence electrons. The Morgan fingerprint density at radius 3 is 2.13 bits per heavy atom. The van der Waals surface area contributed by atoms with Crippen molar-refractivity contribution in [3.05, 3.63) is 23.3 Å². The Morgan fingerprint density at radius 1 is 1.13 bits per heavy atom. The quantitative estimate of drug-likeness (QED) is 0.772. The molecule has 1 rings (SSSR count). The van der Waals surface area contributed by atoms with Gasteiger partial charge in [-0.15, -0.1) is 0 Å². The maximum Gasteiger partial charge on any atom is 0.274 e. The second-order valence-corrected chi connectivity index (χ2v) is 3.41. The summed E-state index contributed by atoms with van der Waals surface area (Å²) >= 11 is 0. The zero-order valence-corrected chi connectivity index (χ0v) is 9.23. The van der Waals surface area contributed by atoms with E-state index in [1.165, 1.54) is 20.3 Å². The van der Waals surface area contributed by atoms with Crippen molar-refractivity contribution in [1.29, 1.82) is 0 Å². The Balaban J connectivity index is 3.38. The molecule has 0 fully saturated rings. The molecule has 0 aliphatic heterocycles. The van der Waals surface area contributed by atoms with E-state index in [0.29, 0.717) is 11.3 Å². The van der Waals surface area contributed by atoms with Crippen molar-refractivity contribution in [3.63, 3.8) is 0 Å². The third-order valence-electron chi connectivity index (χ3n) is 2.17. The van der Waals surface area contributed by atoms with Gasteiger partial charge in [0.2, 0.25) is 0 Å². The summed E-state index contributed by atoms with van der Waals surface area (Å²) in [7, 11) is 2.85. The largest absolute Gasteiger partial charge is 0.497 e. The van der Waals surface area contributed by atoms with Gasteiger partial charge in [-0.3, -0.25) is 0 Å². The average molecular weight is 216 g/mol. The van der Waals surface area contributed by atoms with E-state index in [0.717, 1.165) is 6.92 Å². The highest BCUT2D eigenvalue weighted by atomic mass is 19.3. The molecule has 0 unspecified atom stereocenters. The summed E-state index contributed by atoms with van der Waals surface area (Å²) in [4.78, 5) is 0. The van der Waals surface area contributed by atoms with Crippen molar-refractivity contribution in [1.82, 2.24) is 0 Å². The molecule has 0 heterocycles. The van der Waals surface area contributed by atoms with Crippen molar-refractivity contribution in [2.75, 3.05) is 14.2 Å². The van der Waals surface area contributed by atoms with Gasteiger partial charge in [-0.25, -0.2) is 8.78 Å². The fourth-order valence-electron chi connectivity index (χ4n) is 1.56. The molecular formula is C11H14F2O2. The smallest absolute Gasteiger partial charge is 0.274 e. The zero-order chi connectivity index (χ0) is 11.6. The number of aryl methyl sites for hydroxylation is 1. The summed E-state index contributed by atoms with van der Waals surface area (Å²) in [6, 6.07) is 3.02. The Labute approximate surface area is 87.8 Å². The van der Waals surface area contributed by atoms with Crippen LogP contribution in [0.3, 0.4) is 0 Å². The molecule has 0 saturated carbocycles. The fraction of sp³-hybridized carbons (Fsp3) is 0.455. The Bertz CT molecular complexity index is 356. The molecule has 0 aromatic heterocycles. The standard InChI is InChI=1S/C11H14F2O2/c1-7-5-8(14-3)6-9(15-4)10(7)11(2,12)13/h5-6H,1-4H3. The van der Waals surface area contributed by atoms with Crippen LogP contribution in [-0.4, -0.2) is 14.2 Å². The van der Waals surface area contributed by atoms with Crippen molar-refractivity contribution >= 4 is 0 Å². The molecule has 0 spiro atoms. The summed E-state index contributed by atoms with van der Waals surface area (Å²) in [5.74, 6) is -2.25. The lowest BCUT2D eigenvalue weighted by Gasteiger charge is -2.18. The van der Waals surface area contributed by atoms with E-state index >= 15 is 0 Å². The molecule has 0 atom stereocenters. The van der Waals surface area contributed by atoms with Gasteiger partial charge in [-0.2, -0.15) is 0 Å². The van der Waals surface area contributed by atoms with E-state index in [1.54, 1.807) is 13.0 Å². The summed E-state index contributed by atoms with van der Waals surface area (Å²) in [5, 5.41) is 0. The molecule has 1 aromatic rings. The van der Waals surface area contributed by atoms with Crippen molar-refractivity contribution in [2.24, 2.45) is 0 Å². The number of halogens is 2. The average Bonchev–Trinajstić information content (AvgIpc) is 2.14. The van der Waals surface area contributed by atoms with Crippen LogP contribution in [0.4, 0.5) is 8.78 Å². The van der Waals surface area contributed by atoms with Gasteiger partial charge in [0.1, 0.15) is 11.5 Å². The third kappa shape index (κ3) is 2.37. The second kappa shape index (κ2) is 4.04. The summed E-state index contributed by atoms with van der Waals surface area (Å²) < 4.78 is 36.5. The molecule has 0 radical (unpaired) electrons. The zero-order valence-electron chi connectivity index (χ0n) is 9.23. The molecule has 15 heavy (non-hydrogen) atoms. The SMILES string of the molecule is COc1cc(C)c(C(C)(F)F)c(OC)c1. The molecular weight excluding hydrogens is 202 g/mol. The van der Waals surface area contributed by atoms with Gasteiger partial charge in [-0.05, 0) is 18.6 Å². The van der Waals surface area contributed by atoms with Gasteiger partial charge in [-0.1, -0.05) is 0 Å². The number of methoxy groups -OCH3 is 2. The first-order valence-electron chi connectivity index (χ1n) is 4.51. The monoisotopic (exact) mass is 216 g/mol. The molecule has 0 bridgehead atoms. The van der Waals surface area contributed by atoms with Gasteiger partial charge in [0, 0.05) is 13.0 Å².